The Bertz CT molecular complexity index is 208. The smallest absolute Gasteiger partial charge is 0.373 e. The third-order valence-electron chi connectivity index (χ3n) is 2.69. The van der Waals surface area contributed by atoms with Crippen LogP contribution in [0.1, 0.15) is 25.7 Å². The molecule has 0 heterocycles. The second-order valence-corrected chi connectivity index (χ2v) is 4.36. The zero-order valence-electron chi connectivity index (χ0n) is 9.00. The van der Waals surface area contributed by atoms with Gasteiger partial charge in [0.1, 0.15) is 5.88 Å². The van der Waals surface area contributed by atoms with Crippen molar-refractivity contribution in [3.63, 3.8) is 0 Å². The van der Waals surface area contributed by atoms with Gasteiger partial charge < -0.3 is 15.6 Å². The van der Waals surface area contributed by atoms with Crippen LogP contribution in [0.15, 0.2) is 0 Å². The molecule has 0 spiro atoms. The quantitative estimate of drug-likeness (QED) is 0.484. The first kappa shape index (κ1) is 12.8. The molecule has 0 bridgehead atoms. The summed E-state index contributed by atoms with van der Waals surface area (Å²) in [7, 11) is -0.455. The van der Waals surface area contributed by atoms with Crippen molar-refractivity contribution in [2.45, 2.75) is 44.6 Å². The molecule has 1 saturated carbocycles. The summed E-state index contributed by atoms with van der Waals surface area (Å²) < 4.78 is 0. The summed E-state index contributed by atoms with van der Waals surface area (Å²) in [5.41, 5.74) is 0. The fraction of sp³-hybridized carbons (Fsp3) is 0.889. The highest BCUT2D eigenvalue weighted by Crippen LogP contribution is 2.18. The van der Waals surface area contributed by atoms with E-state index in [2.05, 4.69) is 10.5 Å². The normalized spacial score (nSPS) is 26.1. The summed E-state index contributed by atoms with van der Waals surface area (Å²) in [6, 6.07) is 0.623. The van der Waals surface area contributed by atoms with Crippen molar-refractivity contribution in [2.24, 2.45) is 0 Å². The van der Waals surface area contributed by atoms with Crippen molar-refractivity contribution >= 4 is 24.6 Å². The monoisotopic (exact) mass is 232 g/mol. The van der Waals surface area contributed by atoms with Crippen LogP contribution in [0, 0.1) is 0 Å². The first-order chi connectivity index (χ1) is 7.11. The number of carbonyl (C=O) groups is 1. The molecule has 0 saturated heterocycles. The number of hydrogen-bond acceptors (Lipinski definition) is 3. The summed E-state index contributed by atoms with van der Waals surface area (Å²) >= 11 is 5.41. The summed E-state index contributed by atoms with van der Waals surface area (Å²) in [6.07, 6.45) is 3.87. The molecule has 1 fully saturated rings. The molecule has 1 rings (SSSR count). The van der Waals surface area contributed by atoms with E-state index in [1.54, 1.807) is 6.82 Å². The first-order valence-electron chi connectivity index (χ1n) is 5.41. The molecule has 6 heteroatoms. The Morgan fingerprint density at radius 3 is 2.40 bits per heavy atom. The maximum Gasteiger partial charge on any atom is 0.373 e. The van der Waals surface area contributed by atoms with Crippen LogP contribution in [0.4, 0.5) is 0 Å². The molecular weight excluding hydrogens is 214 g/mol. The Balaban J connectivity index is 2.20. The standard InChI is InChI=1S/C9H18BClN2O2/c1-10(15)13-8-4-2-7(3-5-8)12-9(14)6-11/h7-8,13,15H,2-6H2,1H3,(H,12,14)/t7-,8-. The lowest BCUT2D eigenvalue weighted by Gasteiger charge is -2.30. The van der Waals surface area contributed by atoms with E-state index < -0.39 is 7.05 Å². The lowest BCUT2D eigenvalue weighted by Crippen LogP contribution is -2.46. The van der Waals surface area contributed by atoms with Gasteiger partial charge in [-0.05, 0) is 38.5 Å². The highest BCUT2D eigenvalue weighted by atomic mass is 35.5. The van der Waals surface area contributed by atoms with Crippen LogP contribution in [0.2, 0.25) is 6.82 Å². The summed E-state index contributed by atoms with van der Waals surface area (Å²) in [4.78, 5) is 11.0. The molecule has 1 aliphatic rings. The topological polar surface area (TPSA) is 61.4 Å². The Kier molecular flexibility index (Phi) is 5.43. The van der Waals surface area contributed by atoms with Crippen LogP contribution in [0.3, 0.4) is 0 Å². The second kappa shape index (κ2) is 6.35. The molecule has 0 unspecified atom stereocenters. The van der Waals surface area contributed by atoms with E-state index in [9.17, 15) is 4.79 Å². The van der Waals surface area contributed by atoms with E-state index in [0.717, 1.165) is 25.7 Å². The average molecular weight is 233 g/mol. The predicted molar refractivity (Wildman–Crippen MR) is 61.9 cm³/mol. The predicted octanol–water partition coefficient (Wildman–Crippen LogP) is 0.352. The minimum absolute atomic E-state index is 0.0336. The number of nitrogens with one attached hydrogen (secondary N) is 2. The first-order valence-corrected chi connectivity index (χ1v) is 5.94. The number of halogens is 1. The number of amides is 1. The molecule has 86 valence electrons. The molecule has 1 aliphatic carbocycles. The van der Waals surface area contributed by atoms with E-state index in [4.69, 9.17) is 16.6 Å². The van der Waals surface area contributed by atoms with Gasteiger partial charge in [0, 0.05) is 6.04 Å². The molecule has 4 nitrogen and oxygen atoms in total. The van der Waals surface area contributed by atoms with Gasteiger partial charge in [0.15, 0.2) is 0 Å². The lowest BCUT2D eigenvalue weighted by atomic mass is 9.82. The fourth-order valence-electron chi connectivity index (χ4n) is 2.01. The third kappa shape index (κ3) is 4.86. The molecule has 3 N–H and O–H groups in total. The van der Waals surface area contributed by atoms with Crippen molar-refractivity contribution in [1.82, 2.24) is 10.5 Å². The minimum atomic E-state index is -0.455. The van der Waals surface area contributed by atoms with Crippen molar-refractivity contribution in [1.29, 1.82) is 0 Å². The van der Waals surface area contributed by atoms with E-state index in [-0.39, 0.29) is 17.8 Å². The van der Waals surface area contributed by atoms with E-state index in [0.29, 0.717) is 6.04 Å². The van der Waals surface area contributed by atoms with Crippen molar-refractivity contribution in [3.8, 4) is 0 Å². The number of rotatable bonds is 4. The van der Waals surface area contributed by atoms with E-state index in [1.807, 2.05) is 0 Å². The van der Waals surface area contributed by atoms with Gasteiger partial charge in [-0.25, -0.2) is 0 Å². The molecule has 0 aliphatic heterocycles. The zero-order chi connectivity index (χ0) is 11.3. The van der Waals surface area contributed by atoms with Gasteiger partial charge in [-0.1, -0.05) is 0 Å². The zero-order valence-corrected chi connectivity index (χ0v) is 9.76. The van der Waals surface area contributed by atoms with Crippen LogP contribution in [0.5, 0.6) is 0 Å². The minimum Gasteiger partial charge on any atom is -0.437 e. The lowest BCUT2D eigenvalue weighted by molar-refractivity contribution is -0.119. The van der Waals surface area contributed by atoms with Gasteiger partial charge in [-0.2, -0.15) is 0 Å². The molecule has 0 aromatic carbocycles. The number of carbonyl (C=O) groups excluding carboxylic acids is 1. The maximum absolute atomic E-state index is 11.0. The van der Waals surface area contributed by atoms with Crippen molar-refractivity contribution in [2.75, 3.05) is 5.88 Å². The van der Waals surface area contributed by atoms with Crippen LogP contribution in [-0.2, 0) is 4.79 Å². The molecule has 0 aromatic rings. The Hall–Kier alpha value is -0.255. The molecule has 0 radical (unpaired) electrons. The van der Waals surface area contributed by atoms with Crippen LogP contribution in [0.25, 0.3) is 0 Å². The summed E-state index contributed by atoms with van der Waals surface area (Å²) in [5.74, 6) is -0.0603. The van der Waals surface area contributed by atoms with Gasteiger partial charge in [0.25, 0.3) is 0 Å². The Morgan fingerprint density at radius 2 is 1.93 bits per heavy atom. The summed E-state index contributed by atoms with van der Waals surface area (Å²) in [5, 5.41) is 15.1. The van der Waals surface area contributed by atoms with Gasteiger partial charge in [0.05, 0.1) is 0 Å². The fourth-order valence-corrected chi connectivity index (χ4v) is 2.09. The number of alkyl halides is 1. The Labute approximate surface area is 95.9 Å². The van der Waals surface area contributed by atoms with Crippen molar-refractivity contribution in [3.05, 3.63) is 0 Å². The Morgan fingerprint density at radius 1 is 1.40 bits per heavy atom. The molecule has 0 atom stereocenters. The molecule has 15 heavy (non-hydrogen) atoms. The average Bonchev–Trinajstić information content (AvgIpc) is 2.20. The second-order valence-electron chi connectivity index (χ2n) is 4.09. The summed E-state index contributed by atoms with van der Waals surface area (Å²) in [6.45, 7) is 1.72. The highest BCUT2D eigenvalue weighted by Gasteiger charge is 2.23. The molecular formula is C9H18BClN2O2. The maximum atomic E-state index is 11.0. The van der Waals surface area contributed by atoms with Gasteiger partial charge >= 0.3 is 7.05 Å². The highest BCUT2D eigenvalue weighted by molar-refractivity contribution is 6.45. The van der Waals surface area contributed by atoms with Crippen molar-refractivity contribution < 1.29 is 9.82 Å². The third-order valence-corrected chi connectivity index (χ3v) is 2.93. The van der Waals surface area contributed by atoms with Gasteiger partial charge in [0.2, 0.25) is 5.91 Å². The van der Waals surface area contributed by atoms with Crippen LogP contribution in [-0.4, -0.2) is 35.9 Å². The van der Waals surface area contributed by atoms with Crippen LogP contribution < -0.4 is 10.5 Å². The van der Waals surface area contributed by atoms with Gasteiger partial charge in [-0.15, -0.1) is 11.6 Å². The number of hydrogen-bond donors (Lipinski definition) is 3. The molecule has 1 amide bonds. The van der Waals surface area contributed by atoms with Crippen LogP contribution >= 0.6 is 11.6 Å². The molecule has 0 aromatic heterocycles. The van der Waals surface area contributed by atoms with Gasteiger partial charge in [-0.3, -0.25) is 4.79 Å². The van der Waals surface area contributed by atoms with E-state index >= 15 is 0 Å². The SMILES string of the molecule is CB(O)N[C@H]1CC[C@H](NC(=O)CCl)CC1. The van der Waals surface area contributed by atoms with E-state index in [1.165, 1.54) is 0 Å². The largest absolute Gasteiger partial charge is 0.437 e.